The summed E-state index contributed by atoms with van der Waals surface area (Å²) in [7, 11) is 0. The van der Waals surface area contributed by atoms with Crippen molar-refractivity contribution in [2.45, 2.75) is 52.6 Å². The molecule has 1 rings (SSSR count). The van der Waals surface area contributed by atoms with Crippen LogP contribution >= 0.6 is 0 Å². The highest BCUT2D eigenvalue weighted by atomic mass is 16.6. The van der Waals surface area contributed by atoms with Crippen molar-refractivity contribution in [3.8, 4) is 0 Å². The van der Waals surface area contributed by atoms with Gasteiger partial charge in [0.25, 0.3) is 0 Å². The fraction of sp³-hybridized carbons (Fsp3) is 0.562. The topological polar surface area (TPSA) is 26.3 Å². The van der Waals surface area contributed by atoms with E-state index in [0.717, 1.165) is 6.42 Å². The first kappa shape index (κ1) is 14.7. The summed E-state index contributed by atoms with van der Waals surface area (Å²) in [6, 6.07) is 9.17. The van der Waals surface area contributed by atoms with Crippen molar-refractivity contribution >= 4 is 5.97 Å². The monoisotopic (exact) mass is 248 g/mol. The number of carbonyl (C=O) groups is 1. The lowest BCUT2D eigenvalue weighted by Crippen LogP contribution is -2.35. The molecule has 2 nitrogen and oxygen atoms in total. The smallest absolute Gasteiger partial charge is 0.338 e. The third-order valence-electron chi connectivity index (χ3n) is 3.54. The average Bonchev–Trinajstić information content (AvgIpc) is 2.36. The molecular formula is C16H24O2. The lowest BCUT2D eigenvalue weighted by Gasteiger charge is -2.31. The Morgan fingerprint density at radius 3 is 2.44 bits per heavy atom. The summed E-state index contributed by atoms with van der Waals surface area (Å²) in [5.41, 5.74) is 0.204. The standard InChI is InChI=1S/C16H24O2/c1-5-6-10-13(2)16(3,4)18-15(17)14-11-8-7-9-12-14/h7-9,11-13H,5-6,10H2,1-4H3. The molecule has 0 aliphatic heterocycles. The Morgan fingerprint density at radius 2 is 1.89 bits per heavy atom. The van der Waals surface area contributed by atoms with Crippen LogP contribution in [0.3, 0.4) is 0 Å². The number of hydrogen-bond acceptors (Lipinski definition) is 2. The van der Waals surface area contributed by atoms with E-state index < -0.39 is 5.60 Å². The number of benzene rings is 1. The van der Waals surface area contributed by atoms with Gasteiger partial charge >= 0.3 is 5.97 Å². The molecule has 1 atom stereocenters. The van der Waals surface area contributed by atoms with Gasteiger partial charge in [-0.2, -0.15) is 0 Å². The maximum absolute atomic E-state index is 12.0. The molecule has 1 aromatic carbocycles. The number of esters is 1. The third-order valence-corrected chi connectivity index (χ3v) is 3.54. The van der Waals surface area contributed by atoms with Gasteiger partial charge in [-0.05, 0) is 38.3 Å². The molecule has 0 saturated carbocycles. The number of rotatable bonds is 6. The van der Waals surface area contributed by atoms with Crippen LogP contribution in [0.4, 0.5) is 0 Å². The second kappa shape index (κ2) is 6.58. The molecule has 0 saturated heterocycles. The molecule has 0 amide bonds. The highest BCUT2D eigenvalue weighted by molar-refractivity contribution is 5.89. The Morgan fingerprint density at radius 1 is 1.28 bits per heavy atom. The van der Waals surface area contributed by atoms with Crippen LogP contribution in [0.25, 0.3) is 0 Å². The van der Waals surface area contributed by atoms with Crippen LogP contribution in [0.1, 0.15) is 57.3 Å². The van der Waals surface area contributed by atoms with Gasteiger partial charge in [-0.1, -0.05) is 44.9 Å². The zero-order valence-corrected chi connectivity index (χ0v) is 11.9. The third kappa shape index (κ3) is 4.17. The van der Waals surface area contributed by atoms with Crippen molar-refractivity contribution in [3.63, 3.8) is 0 Å². The van der Waals surface area contributed by atoms with Gasteiger partial charge in [0.05, 0.1) is 5.56 Å². The van der Waals surface area contributed by atoms with Crippen molar-refractivity contribution in [2.75, 3.05) is 0 Å². The highest BCUT2D eigenvalue weighted by Gasteiger charge is 2.29. The molecule has 18 heavy (non-hydrogen) atoms. The van der Waals surface area contributed by atoms with Gasteiger partial charge in [0.15, 0.2) is 0 Å². The first-order valence-corrected chi connectivity index (χ1v) is 6.75. The van der Waals surface area contributed by atoms with Crippen LogP contribution in [-0.2, 0) is 4.74 Å². The van der Waals surface area contributed by atoms with Crippen molar-refractivity contribution < 1.29 is 9.53 Å². The minimum Gasteiger partial charge on any atom is -0.456 e. The van der Waals surface area contributed by atoms with Crippen LogP contribution in [0.2, 0.25) is 0 Å². The van der Waals surface area contributed by atoms with Crippen LogP contribution in [-0.4, -0.2) is 11.6 Å². The largest absolute Gasteiger partial charge is 0.456 e. The van der Waals surface area contributed by atoms with Crippen LogP contribution in [0, 0.1) is 5.92 Å². The summed E-state index contributed by atoms with van der Waals surface area (Å²) in [4.78, 5) is 12.0. The molecule has 0 radical (unpaired) electrons. The predicted molar refractivity (Wildman–Crippen MR) is 74.6 cm³/mol. The molecular weight excluding hydrogens is 224 g/mol. The zero-order valence-electron chi connectivity index (χ0n) is 11.9. The van der Waals surface area contributed by atoms with Crippen molar-refractivity contribution in [2.24, 2.45) is 5.92 Å². The first-order chi connectivity index (χ1) is 8.47. The van der Waals surface area contributed by atoms with Gasteiger partial charge in [0, 0.05) is 0 Å². The minimum absolute atomic E-state index is 0.232. The fourth-order valence-electron chi connectivity index (χ4n) is 1.83. The lowest BCUT2D eigenvalue weighted by atomic mass is 9.88. The minimum atomic E-state index is -0.415. The summed E-state index contributed by atoms with van der Waals surface area (Å²) in [5, 5.41) is 0. The Hall–Kier alpha value is -1.31. The van der Waals surface area contributed by atoms with Crippen molar-refractivity contribution in [1.82, 2.24) is 0 Å². The van der Waals surface area contributed by atoms with Crippen molar-refractivity contribution in [1.29, 1.82) is 0 Å². The number of hydrogen-bond donors (Lipinski definition) is 0. The van der Waals surface area contributed by atoms with Crippen LogP contribution in [0.15, 0.2) is 30.3 Å². The lowest BCUT2D eigenvalue weighted by molar-refractivity contribution is -0.0281. The first-order valence-electron chi connectivity index (χ1n) is 6.75. The van der Waals surface area contributed by atoms with Gasteiger partial charge in [-0.15, -0.1) is 0 Å². The molecule has 1 unspecified atom stereocenters. The molecule has 100 valence electrons. The van der Waals surface area contributed by atoms with E-state index in [9.17, 15) is 4.79 Å². The van der Waals surface area contributed by atoms with Gasteiger partial charge in [0.1, 0.15) is 5.60 Å². The summed E-state index contributed by atoms with van der Waals surface area (Å²) in [6.45, 7) is 8.31. The number of carbonyl (C=O) groups excluding carboxylic acids is 1. The Kier molecular flexibility index (Phi) is 5.39. The van der Waals surface area contributed by atoms with Gasteiger partial charge in [-0.3, -0.25) is 0 Å². The zero-order chi connectivity index (χ0) is 13.6. The molecule has 0 spiro atoms. The molecule has 0 bridgehead atoms. The Balaban J connectivity index is 2.62. The second-order valence-electron chi connectivity index (χ2n) is 5.40. The normalized spacial score (nSPS) is 13.1. The second-order valence-corrected chi connectivity index (χ2v) is 5.40. The van der Waals surface area contributed by atoms with Crippen LogP contribution in [0.5, 0.6) is 0 Å². The maximum Gasteiger partial charge on any atom is 0.338 e. The van der Waals surface area contributed by atoms with E-state index in [1.54, 1.807) is 12.1 Å². The number of ether oxygens (including phenoxy) is 1. The average molecular weight is 248 g/mol. The van der Waals surface area contributed by atoms with E-state index in [0.29, 0.717) is 11.5 Å². The summed E-state index contributed by atoms with van der Waals surface area (Å²) >= 11 is 0. The molecule has 0 fully saturated rings. The molecule has 0 heterocycles. The predicted octanol–water partition coefficient (Wildman–Crippen LogP) is 4.45. The van der Waals surface area contributed by atoms with Crippen molar-refractivity contribution in [3.05, 3.63) is 35.9 Å². The van der Waals surface area contributed by atoms with Crippen LogP contribution < -0.4 is 0 Å². The molecule has 2 heteroatoms. The van der Waals surface area contributed by atoms with E-state index in [4.69, 9.17) is 4.74 Å². The van der Waals surface area contributed by atoms with E-state index in [1.807, 2.05) is 32.0 Å². The summed E-state index contributed by atoms with van der Waals surface area (Å²) in [6.07, 6.45) is 3.44. The van der Waals surface area contributed by atoms with E-state index in [-0.39, 0.29) is 5.97 Å². The highest BCUT2D eigenvalue weighted by Crippen LogP contribution is 2.26. The quantitative estimate of drug-likeness (QED) is 0.695. The molecule has 1 aromatic rings. The number of unbranched alkanes of at least 4 members (excludes halogenated alkanes) is 1. The van der Waals surface area contributed by atoms with Gasteiger partial charge in [-0.25, -0.2) is 4.79 Å². The molecule has 0 aromatic heterocycles. The SMILES string of the molecule is CCCCC(C)C(C)(C)OC(=O)c1ccccc1. The van der Waals surface area contributed by atoms with E-state index in [1.165, 1.54) is 12.8 Å². The Labute approximate surface area is 110 Å². The molecule has 0 aliphatic carbocycles. The summed E-state index contributed by atoms with van der Waals surface area (Å²) < 4.78 is 5.64. The van der Waals surface area contributed by atoms with Gasteiger partial charge in [0.2, 0.25) is 0 Å². The van der Waals surface area contributed by atoms with E-state index >= 15 is 0 Å². The maximum atomic E-state index is 12.0. The Bertz CT molecular complexity index is 368. The fourth-order valence-corrected chi connectivity index (χ4v) is 1.83. The van der Waals surface area contributed by atoms with E-state index in [2.05, 4.69) is 13.8 Å². The molecule has 0 aliphatic rings. The van der Waals surface area contributed by atoms with Gasteiger partial charge < -0.3 is 4.74 Å². The molecule has 0 N–H and O–H groups in total. The summed E-state index contributed by atoms with van der Waals surface area (Å²) in [5.74, 6) is 0.133.